The zero-order valence-electron chi connectivity index (χ0n) is 18.7. The van der Waals surface area contributed by atoms with Crippen molar-refractivity contribution in [3.05, 3.63) is 98.8 Å². The van der Waals surface area contributed by atoms with E-state index in [1.54, 1.807) is 31.5 Å². The highest BCUT2D eigenvalue weighted by atomic mass is 16.7. The molecule has 0 unspecified atom stereocenters. The van der Waals surface area contributed by atoms with Crippen molar-refractivity contribution in [1.82, 2.24) is 4.57 Å². The minimum Gasteiger partial charge on any atom is -0.497 e. The maximum absolute atomic E-state index is 13.4. The molecule has 1 aliphatic rings. The van der Waals surface area contributed by atoms with E-state index in [9.17, 15) is 9.59 Å². The average molecular weight is 441 g/mol. The molecule has 6 heteroatoms. The number of carbonyl (C=O) groups excluding carboxylic acids is 1. The van der Waals surface area contributed by atoms with Crippen LogP contribution in [-0.4, -0.2) is 24.3 Å². The van der Waals surface area contributed by atoms with Crippen molar-refractivity contribution >= 4 is 16.7 Å². The summed E-state index contributed by atoms with van der Waals surface area (Å²) >= 11 is 0. The van der Waals surface area contributed by atoms with E-state index < -0.39 is 0 Å². The van der Waals surface area contributed by atoms with Crippen molar-refractivity contribution in [1.29, 1.82) is 0 Å². The first-order valence-electron chi connectivity index (χ1n) is 10.7. The van der Waals surface area contributed by atoms with Gasteiger partial charge in [-0.05, 0) is 54.8 Å². The topological polar surface area (TPSA) is 66.8 Å². The van der Waals surface area contributed by atoms with Gasteiger partial charge in [0.15, 0.2) is 17.3 Å². The number of fused-ring (bicyclic) bond motifs is 2. The number of aromatic nitrogens is 1. The third-order valence-corrected chi connectivity index (χ3v) is 6.08. The maximum atomic E-state index is 13.4. The second kappa shape index (κ2) is 8.13. The Morgan fingerprint density at radius 1 is 1.00 bits per heavy atom. The summed E-state index contributed by atoms with van der Waals surface area (Å²) in [6, 6.07) is 16.6. The smallest absolute Gasteiger partial charge is 0.231 e. The van der Waals surface area contributed by atoms with Crippen LogP contribution in [0.5, 0.6) is 17.2 Å². The molecule has 1 aliphatic heterocycles. The molecule has 166 valence electrons. The fraction of sp³-hybridized carbons (Fsp3) is 0.185. The molecule has 2 heterocycles. The molecular weight excluding hydrogens is 418 g/mol. The molecule has 0 bridgehead atoms. The number of benzene rings is 3. The van der Waals surface area contributed by atoms with E-state index in [0.29, 0.717) is 34.5 Å². The van der Waals surface area contributed by atoms with E-state index >= 15 is 0 Å². The van der Waals surface area contributed by atoms with Crippen LogP contribution in [-0.2, 0) is 6.54 Å². The summed E-state index contributed by atoms with van der Waals surface area (Å²) < 4.78 is 18.3. The molecule has 0 radical (unpaired) electrons. The zero-order chi connectivity index (χ0) is 23.1. The van der Waals surface area contributed by atoms with Gasteiger partial charge in [-0.3, -0.25) is 9.59 Å². The van der Waals surface area contributed by atoms with Crippen LogP contribution < -0.4 is 19.6 Å². The zero-order valence-corrected chi connectivity index (χ0v) is 18.7. The van der Waals surface area contributed by atoms with Crippen LogP contribution in [0.15, 0.2) is 65.6 Å². The van der Waals surface area contributed by atoms with E-state index in [4.69, 9.17) is 14.2 Å². The number of hydrogen-bond acceptors (Lipinski definition) is 5. The van der Waals surface area contributed by atoms with Gasteiger partial charge in [-0.25, -0.2) is 0 Å². The Balaban J connectivity index is 1.70. The monoisotopic (exact) mass is 441 g/mol. The largest absolute Gasteiger partial charge is 0.497 e. The number of hydrogen-bond donors (Lipinski definition) is 0. The number of carbonyl (C=O) groups is 1. The molecular formula is C27H23NO5. The summed E-state index contributed by atoms with van der Waals surface area (Å²) in [5.41, 5.74) is 4.02. The third-order valence-electron chi connectivity index (χ3n) is 6.08. The van der Waals surface area contributed by atoms with Gasteiger partial charge in [-0.1, -0.05) is 24.3 Å². The van der Waals surface area contributed by atoms with E-state index in [1.807, 2.05) is 54.8 Å². The molecule has 33 heavy (non-hydrogen) atoms. The molecule has 4 aromatic rings. The first kappa shape index (κ1) is 20.8. The van der Waals surface area contributed by atoms with E-state index in [0.717, 1.165) is 22.4 Å². The van der Waals surface area contributed by atoms with E-state index in [1.165, 1.54) is 0 Å². The number of ketones is 1. The Morgan fingerprint density at radius 2 is 1.79 bits per heavy atom. The normalized spacial score (nSPS) is 12.2. The van der Waals surface area contributed by atoms with Crippen LogP contribution in [0, 0.1) is 13.8 Å². The lowest BCUT2D eigenvalue weighted by Crippen LogP contribution is -2.20. The summed E-state index contributed by atoms with van der Waals surface area (Å²) in [4.78, 5) is 26.9. The molecule has 0 spiro atoms. The fourth-order valence-electron chi connectivity index (χ4n) is 4.08. The lowest BCUT2D eigenvalue weighted by atomic mass is 9.98. The molecule has 0 N–H and O–H groups in total. The van der Waals surface area contributed by atoms with Gasteiger partial charge >= 0.3 is 0 Å². The molecule has 0 amide bonds. The maximum Gasteiger partial charge on any atom is 0.231 e. The summed E-state index contributed by atoms with van der Waals surface area (Å²) in [7, 11) is 1.62. The number of rotatable bonds is 5. The highest BCUT2D eigenvalue weighted by molar-refractivity contribution is 6.10. The summed E-state index contributed by atoms with van der Waals surface area (Å²) in [6.07, 6.45) is 1.64. The first-order valence-corrected chi connectivity index (χ1v) is 10.7. The molecule has 0 atom stereocenters. The molecule has 5 rings (SSSR count). The van der Waals surface area contributed by atoms with E-state index in [2.05, 4.69) is 0 Å². The van der Waals surface area contributed by atoms with Crippen molar-refractivity contribution in [3.8, 4) is 17.2 Å². The molecule has 0 saturated heterocycles. The number of methoxy groups -OCH3 is 1. The number of aryl methyl sites for hydroxylation is 2. The number of nitrogens with zero attached hydrogens (tertiary/aromatic N) is 1. The molecule has 3 aromatic carbocycles. The van der Waals surface area contributed by atoms with Crippen LogP contribution in [0.4, 0.5) is 0 Å². The van der Waals surface area contributed by atoms with Gasteiger partial charge in [-0.2, -0.15) is 0 Å². The van der Waals surface area contributed by atoms with Gasteiger partial charge in [0.25, 0.3) is 0 Å². The van der Waals surface area contributed by atoms with Crippen molar-refractivity contribution in [2.24, 2.45) is 0 Å². The quantitative estimate of drug-likeness (QED) is 0.422. The Labute approximate surface area is 191 Å². The SMILES string of the molecule is COc1cccc(Cn2cc(C(=O)c3ccc(C)c(C)c3)c(=O)c3cc4c(cc32)OCO4)c1. The van der Waals surface area contributed by atoms with Crippen molar-refractivity contribution < 1.29 is 19.0 Å². The predicted molar refractivity (Wildman–Crippen MR) is 126 cm³/mol. The van der Waals surface area contributed by atoms with Crippen molar-refractivity contribution in [3.63, 3.8) is 0 Å². The second-order valence-electron chi connectivity index (χ2n) is 8.20. The minimum absolute atomic E-state index is 0.101. The van der Waals surface area contributed by atoms with Crippen LogP contribution >= 0.6 is 0 Å². The molecule has 0 aliphatic carbocycles. The Kier molecular flexibility index (Phi) is 5.13. The number of pyridine rings is 1. The molecule has 6 nitrogen and oxygen atoms in total. The highest BCUT2D eigenvalue weighted by Crippen LogP contribution is 2.35. The van der Waals surface area contributed by atoms with Crippen molar-refractivity contribution in [2.75, 3.05) is 13.9 Å². The predicted octanol–water partition coefficient (Wildman–Crippen LogP) is 4.63. The van der Waals surface area contributed by atoms with Gasteiger partial charge in [0, 0.05) is 24.4 Å². The summed E-state index contributed by atoms with van der Waals surface area (Å²) in [6.45, 7) is 4.49. The molecule has 0 fully saturated rings. The van der Waals surface area contributed by atoms with Gasteiger partial charge in [0.1, 0.15) is 5.75 Å². The second-order valence-corrected chi connectivity index (χ2v) is 8.20. The Morgan fingerprint density at radius 3 is 2.55 bits per heavy atom. The van der Waals surface area contributed by atoms with Gasteiger partial charge in [-0.15, -0.1) is 0 Å². The van der Waals surface area contributed by atoms with Gasteiger partial charge in [0.2, 0.25) is 12.2 Å². The van der Waals surface area contributed by atoms with Crippen LogP contribution in [0.25, 0.3) is 10.9 Å². The lowest BCUT2D eigenvalue weighted by molar-refractivity contribution is 0.103. The first-order chi connectivity index (χ1) is 15.9. The molecule has 1 aromatic heterocycles. The van der Waals surface area contributed by atoms with Gasteiger partial charge in [0.05, 0.1) is 23.6 Å². The minimum atomic E-state index is -0.326. The number of ether oxygens (including phenoxy) is 3. The Bertz CT molecular complexity index is 1470. The van der Waals surface area contributed by atoms with E-state index in [-0.39, 0.29) is 23.6 Å². The molecule has 0 saturated carbocycles. The van der Waals surface area contributed by atoms with Crippen LogP contribution in [0.3, 0.4) is 0 Å². The van der Waals surface area contributed by atoms with Crippen molar-refractivity contribution in [2.45, 2.75) is 20.4 Å². The Hall–Kier alpha value is -4.06. The highest BCUT2D eigenvalue weighted by Gasteiger charge is 2.22. The lowest BCUT2D eigenvalue weighted by Gasteiger charge is -2.15. The third kappa shape index (κ3) is 3.74. The standard InChI is InChI=1S/C27H23NO5/c1-16-7-8-19(9-17(16)2)26(29)22-14-28(13-18-5-4-6-20(10-18)31-3)23-12-25-24(32-15-33-25)11-21(23)27(22)30/h4-12,14H,13,15H2,1-3H3. The van der Waals surface area contributed by atoms with Crippen LogP contribution in [0.2, 0.25) is 0 Å². The average Bonchev–Trinajstić information content (AvgIpc) is 3.29. The summed E-state index contributed by atoms with van der Waals surface area (Å²) in [5, 5.41) is 0.414. The summed E-state index contributed by atoms with van der Waals surface area (Å²) in [5.74, 6) is 1.52. The van der Waals surface area contributed by atoms with Crippen LogP contribution in [0.1, 0.15) is 32.6 Å². The van der Waals surface area contributed by atoms with Gasteiger partial charge < -0.3 is 18.8 Å². The fourth-order valence-corrected chi connectivity index (χ4v) is 4.08.